The lowest BCUT2D eigenvalue weighted by atomic mass is 9.78. The molecule has 0 amide bonds. The minimum absolute atomic E-state index is 0.285. The van der Waals surface area contributed by atoms with Gasteiger partial charge >= 0.3 is 0 Å². The molecule has 0 aliphatic heterocycles. The topological polar surface area (TPSA) is 43.1 Å². The normalized spacial score (nSPS) is 11.8. The van der Waals surface area contributed by atoms with Gasteiger partial charge in [-0.15, -0.1) is 0 Å². The van der Waals surface area contributed by atoms with Crippen LogP contribution in [0.3, 0.4) is 0 Å². The van der Waals surface area contributed by atoms with E-state index >= 15 is 0 Å². The Hall–Kier alpha value is -1.31. The molecular formula is C14H21NO. The molecule has 0 heterocycles. The molecule has 88 valence electrons. The molecule has 0 spiro atoms. The van der Waals surface area contributed by atoms with Gasteiger partial charge in [-0.2, -0.15) is 0 Å². The van der Waals surface area contributed by atoms with Gasteiger partial charge in [-0.3, -0.25) is 4.79 Å². The molecule has 2 N–H and O–H groups in total. The molecule has 16 heavy (non-hydrogen) atoms. The quantitative estimate of drug-likeness (QED) is 0.790. The number of anilines is 1. The SMILES string of the molecule is CC(C)CC(=O)C(C)(C)c1ccc(N)cc1. The van der Waals surface area contributed by atoms with Crippen molar-refractivity contribution in [1.29, 1.82) is 0 Å². The van der Waals surface area contributed by atoms with Crippen molar-refractivity contribution in [2.24, 2.45) is 5.92 Å². The first kappa shape index (κ1) is 12.8. The molecule has 0 aliphatic rings. The molecule has 0 radical (unpaired) electrons. The third-order valence-corrected chi connectivity index (χ3v) is 2.92. The number of hydrogen-bond acceptors (Lipinski definition) is 2. The third kappa shape index (κ3) is 2.84. The van der Waals surface area contributed by atoms with Crippen molar-refractivity contribution in [3.8, 4) is 0 Å². The summed E-state index contributed by atoms with van der Waals surface area (Å²) in [4.78, 5) is 12.1. The van der Waals surface area contributed by atoms with Gasteiger partial charge in [-0.25, -0.2) is 0 Å². The van der Waals surface area contributed by atoms with E-state index in [1.165, 1.54) is 0 Å². The van der Waals surface area contributed by atoms with Gasteiger partial charge in [0.25, 0.3) is 0 Å². The maximum atomic E-state index is 12.1. The Morgan fingerprint density at radius 3 is 2.19 bits per heavy atom. The average Bonchev–Trinajstić information content (AvgIpc) is 2.17. The minimum atomic E-state index is -0.419. The van der Waals surface area contributed by atoms with Crippen molar-refractivity contribution in [3.63, 3.8) is 0 Å². The number of carbonyl (C=O) groups excluding carboxylic acids is 1. The predicted octanol–water partition coefficient (Wildman–Crippen LogP) is 3.16. The van der Waals surface area contributed by atoms with E-state index in [1.807, 2.05) is 38.1 Å². The number of carbonyl (C=O) groups is 1. The highest BCUT2D eigenvalue weighted by Crippen LogP contribution is 2.27. The van der Waals surface area contributed by atoms with E-state index in [4.69, 9.17) is 5.73 Å². The molecule has 1 aromatic rings. The fourth-order valence-corrected chi connectivity index (χ4v) is 1.69. The highest BCUT2D eigenvalue weighted by molar-refractivity contribution is 5.89. The van der Waals surface area contributed by atoms with Gasteiger partial charge in [0.15, 0.2) is 0 Å². The first-order valence-electron chi connectivity index (χ1n) is 5.73. The van der Waals surface area contributed by atoms with Crippen LogP contribution in [0, 0.1) is 5.92 Å². The van der Waals surface area contributed by atoms with Crippen LogP contribution in [-0.2, 0) is 10.2 Å². The van der Waals surface area contributed by atoms with Gasteiger partial charge < -0.3 is 5.73 Å². The zero-order valence-electron chi connectivity index (χ0n) is 10.6. The van der Waals surface area contributed by atoms with Gasteiger partial charge in [-0.1, -0.05) is 26.0 Å². The van der Waals surface area contributed by atoms with Crippen LogP contribution in [0.2, 0.25) is 0 Å². The van der Waals surface area contributed by atoms with E-state index in [2.05, 4.69) is 13.8 Å². The van der Waals surface area contributed by atoms with Crippen LogP contribution >= 0.6 is 0 Å². The summed E-state index contributed by atoms with van der Waals surface area (Å²) in [6.45, 7) is 8.08. The molecule has 1 rings (SSSR count). The molecular weight excluding hydrogens is 198 g/mol. The fraction of sp³-hybridized carbons (Fsp3) is 0.500. The first-order chi connectivity index (χ1) is 7.34. The standard InChI is InChI=1S/C14H21NO/c1-10(2)9-13(16)14(3,4)11-5-7-12(15)8-6-11/h5-8,10H,9,15H2,1-4H3. The van der Waals surface area contributed by atoms with E-state index in [9.17, 15) is 4.79 Å². The van der Waals surface area contributed by atoms with Crippen molar-refractivity contribution in [1.82, 2.24) is 0 Å². The maximum absolute atomic E-state index is 12.1. The summed E-state index contributed by atoms with van der Waals surface area (Å²) in [5.74, 6) is 0.688. The van der Waals surface area contributed by atoms with Crippen LogP contribution < -0.4 is 5.73 Å². The fourth-order valence-electron chi connectivity index (χ4n) is 1.69. The van der Waals surface area contributed by atoms with Crippen LogP contribution in [0.25, 0.3) is 0 Å². The summed E-state index contributed by atoms with van der Waals surface area (Å²) in [5.41, 5.74) is 6.99. The zero-order chi connectivity index (χ0) is 12.3. The predicted molar refractivity (Wildman–Crippen MR) is 68.3 cm³/mol. The molecule has 0 saturated carbocycles. The van der Waals surface area contributed by atoms with E-state index < -0.39 is 5.41 Å². The van der Waals surface area contributed by atoms with Crippen molar-refractivity contribution < 1.29 is 4.79 Å². The van der Waals surface area contributed by atoms with E-state index in [-0.39, 0.29) is 5.78 Å². The number of nitrogen functional groups attached to an aromatic ring is 1. The molecule has 2 nitrogen and oxygen atoms in total. The van der Waals surface area contributed by atoms with Gasteiger partial charge in [0.2, 0.25) is 0 Å². The number of hydrogen-bond donors (Lipinski definition) is 1. The summed E-state index contributed by atoms with van der Waals surface area (Å²) in [6, 6.07) is 7.57. The molecule has 0 fully saturated rings. The number of rotatable bonds is 4. The van der Waals surface area contributed by atoms with Crippen LogP contribution in [0.15, 0.2) is 24.3 Å². The number of ketones is 1. The van der Waals surface area contributed by atoms with Gasteiger partial charge in [0, 0.05) is 17.5 Å². The molecule has 2 heteroatoms. The lowest BCUT2D eigenvalue weighted by Gasteiger charge is -2.24. The monoisotopic (exact) mass is 219 g/mol. The largest absolute Gasteiger partial charge is 0.399 e. The van der Waals surface area contributed by atoms with Crippen molar-refractivity contribution >= 4 is 11.5 Å². The minimum Gasteiger partial charge on any atom is -0.399 e. The van der Waals surface area contributed by atoms with Gasteiger partial charge in [0.05, 0.1) is 0 Å². The number of Topliss-reactive ketones (excluding diaryl/α,β-unsaturated/α-hetero) is 1. The van der Waals surface area contributed by atoms with Crippen molar-refractivity contribution in [2.45, 2.75) is 39.5 Å². The highest BCUT2D eigenvalue weighted by atomic mass is 16.1. The maximum Gasteiger partial charge on any atom is 0.143 e. The lowest BCUT2D eigenvalue weighted by Crippen LogP contribution is -2.29. The highest BCUT2D eigenvalue weighted by Gasteiger charge is 2.29. The van der Waals surface area contributed by atoms with Crippen LogP contribution in [0.1, 0.15) is 39.7 Å². The van der Waals surface area contributed by atoms with E-state index in [0.717, 1.165) is 11.3 Å². The van der Waals surface area contributed by atoms with Crippen molar-refractivity contribution in [3.05, 3.63) is 29.8 Å². The Bertz CT molecular complexity index is 363. The molecule has 0 saturated heterocycles. The summed E-state index contributed by atoms with van der Waals surface area (Å²) < 4.78 is 0. The average molecular weight is 219 g/mol. The Labute approximate surface area is 97.9 Å². The first-order valence-corrected chi connectivity index (χ1v) is 5.73. The summed E-state index contributed by atoms with van der Waals surface area (Å²) >= 11 is 0. The van der Waals surface area contributed by atoms with Gasteiger partial charge in [-0.05, 0) is 37.5 Å². The molecule has 1 aromatic carbocycles. The van der Waals surface area contributed by atoms with E-state index in [1.54, 1.807) is 0 Å². The van der Waals surface area contributed by atoms with Crippen LogP contribution in [0.4, 0.5) is 5.69 Å². The third-order valence-electron chi connectivity index (χ3n) is 2.92. The second kappa shape index (κ2) is 4.69. The second-order valence-electron chi connectivity index (χ2n) is 5.27. The number of nitrogens with two attached hydrogens (primary N) is 1. The lowest BCUT2D eigenvalue weighted by molar-refractivity contribution is -0.124. The summed E-state index contributed by atoms with van der Waals surface area (Å²) in [5, 5.41) is 0. The van der Waals surface area contributed by atoms with Crippen LogP contribution in [-0.4, -0.2) is 5.78 Å². The molecule has 0 atom stereocenters. The Morgan fingerprint density at radius 2 is 1.75 bits per heavy atom. The summed E-state index contributed by atoms with van der Waals surface area (Å²) in [6.07, 6.45) is 0.622. The van der Waals surface area contributed by atoms with Crippen molar-refractivity contribution in [2.75, 3.05) is 5.73 Å². The second-order valence-corrected chi connectivity index (χ2v) is 5.27. The van der Waals surface area contributed by atoms with Crippen LogP contribution in [0.5, 0.6) is 0 Å². The molecule has 0 unspecified atom stereocenters. The number of benzene rings is 1. The molecule has 0 aliphatic carbocycles. The Kier molecular flexibility index (Phi) is 3.74. The van der Waals surface area contributed by atoms with Gasteiger partial charge in [0.1, 0.15) is 5.78 Å². The molecule has 0 bridgehead atoms. The molecule has 0 aromatic heterocycles. The Balaban J connectivity index is 2.92. The smallest absolute Gasteiger partial charge is 0.143 e. The van der Waals surface area contributed by atoms with E-state index in [0.29, 0.717) is 12.3 Å². The summed E-state index contributed by atoms with van der Waals surface area (Å²) in [7, 11) is 0. The Morgan fingerprint density at radius 1 is 1.25 bits per heavy atom. The zero-order valence-corrected chi connectivity index (χ0v) is 10.6.